The number of carbonyl (C=O) groups is 1. The number of anilines is 3. The Balaban J connectivity index is 1.88. The maximum absolute atomic E-state index is 14.4. The number of rotatable bonds is 7. The van der Waals surface area contributed by atoms with E-state index in [1.165, 1.54) is 27.0 Å². The summed E-state index contributed by atoms with van der Waals surface area (Å²) in [6.45, 7) is 7.11. The largest absolute Gasteiger partial charge is 0.487 e. The van der Waals surface area contributed by atoms with E-state index >= 15 is 0 Å². The monoisotopic (exact) mass is 403 g/mol. The fourth-order valence-corrected chi connectivity index (χ4v) is 2.90. The molecule has 1 saturated heterocycles. The summed E-state index contributed by atoms with van der Waals surface area (Å²) < 4.78 is 25.8. The van der Waals surface area contributed by atoms with E-state index < -0.39 is 5.67 Å². The normalized spacial score (nSPS) is 16.5. The molecule has 1 aliphatic heterocycles. The minimum atomic E-state index is -1.68. The van der Waals surface area contributed by atoms with Crippen molar-refractivity contribution in [3.63, 3.8) is 0 Å². The third-order valence-corrected chi connectivity index (χ3v) is 4.27. The number of halogens is 1. The summed E-state index contributed by atoms with van der Waals surface area (Å²) in [7, 11) is 0. The average molecular weight is 403 g/mol. The number of alkyl halides is 1. The summed E-state index contributed by atoms with van der Waals surface area (Å²) in [5.74, 6) is 1.10. The van der Waals surface area contributed by atoms with E-state index in [1.54, 1.807) is 19.1 Å². The molecule has 0 unspecified atom stereocenters. The van der Waals surface area contributed by atoms with E-state index in [1.807, 2.05) is 0 Å². The Labute approximate surface area is 169 Å². The molecule has 0 aliphatic carbocycles. The van der Waals surface area contributed by atoms with Crippen LogP contribution in [0.2, 0.25) is 0 Å². The lowest BCUT2D eigenvalue weighted by Gasteiger charge is -2.18. The molecule has 0 radical (unpaired) electrons. The van der Waals surface area contributed by atoms with Gasteiger partial charge in [0.15, 0.2) is 17.2 Å². The Kier molecular flexibility index (Phi) is 6.26. The molecule has 1 atom stereocenters. The molecule has 3 rings (SSSR count). The van der Waals surface area contributed by atoms with E-state index in [-0.39, 0.29) is 17.8 Å². The first kappa shape index (κ1) is 20.9. The zero-order chi connectivity index (χ0) is 21.0. The maximum atomic E-state index is 14.4. The van der Waals surface area contributed by atoms with Crippen LogP contribution in [0.15, 0.2) is 18.3 Å². The Hall–Kier alpha value is -2.81. The van der Waals surface area contributed by atoms with Crippen molar-refractivity contribution < 1.29 is 18.7 Å². The van der Waals surface area contributed by atoms with Gasteiger partial charge in [0.05, 0.1) is 18.0 Å². The molecule has 2 aromatic rings. The number of aryl methyl sites for hydroxylation is 1. The van der Waals surface area contributed by atoms with Crippen LogP contribution >= 0.6 is 0 Å². The second kappa shape index (κ2) is 8.69. The number of amides is 1. The predicted molar refractivity (Wildman–Crippen MR) is 107 cm³/mol. The molecule has 0 bridgehead atoms. The average Bonchev–Trinajstić information content (AvgIpc) is 3.13. The van der Waals surface area contributed by atoms with Crippen molar-refractivity contribution in [1.82, 2.24) is 15.0 Å². The third-order valence-electron chi connectivity index (χ3n) is 4.27. The Morgan fingerprint density at radius 1 is 1.34 bits per heavy atom. The van der Waals surface area contributed by atoms with E-state index in [0.717, 1.165) is 19.4 Å². The van der Waals surface area contributed by atoms with Crippen molar-refractivity contribution in [2.24, 2.45) is 0 Å². The minimum Gasteiger partial charge on any atom is -0.487 e. The zero-order valence-electron chi connectivity index (χ0n) is 17.1. The lowest BCUT2D eigenvalue weighted by Crippen LogP contribution is -2.18. The lowest BCUT2D eigenvalue weighted by molar-refractivity contribution is -0.114. The van der Waals surface area contributed by atoms with Crippen LogP contribution in [-0.2, 0) is 15.2 Å². The Bertz CT molecular complexity index is 879. The van der Waals surface area contributed by atoms with Crippen LogP contribution < -0.4 is 15.4 Å². The fraction of sp³-hybridized carbons (Fsp3) is 0.500. The number of nitrogens with one attached hydrogen (secondary N) is 2. The van der Waals surface area contributed by atoms with Crippen LogP contribution in [0.4, 0.5) is 21.7 Å². The van der Waals surface area contributed by atoms with Crippen LogP contribution in [0.1, 0.15) is 45.1 Å². The standard InChI is InChI=1S/C20H26FN5O3/c1-12-8-18(26-19(23-12)20(3,4)21)25-15-9-17(24-13(2)27)22-10-16(15)29-11-14-6-5-7-28-14/h8-10,14H,5-7,11H2,1-4H3,(H2,22,23,24,25,26,27)/t14-/m0/s1. The van der Waals surface area contributed by atoms with Crippen LogP contribution in [0.5, 0.6) is 5.75 Å². The molecule has 9 heteroatoms. The topological polar surface area (TPSA) is 98.3 Å². The van der Waals surface area contributed by atoms with Gasteiger partial charge in [-0.1, -0.05) is 0 Å². The first-order valence-electron chi connectivity index (χ1n) is 9.55. The molecule has 1 aliphatic rings. The van der Waals surface area contributed by atoms with Gasteiger partial charge in [-0.15, -0.1) is 0 Å². The fourth-order valence-electron chi connectivity index (χ4n) is 2.90. The summed E-state index contributed by atoms with van der Waals surface area (Å²) >= 11 is 0. The van der Waals surface area contributed by atoms with Crippen molar-refractivity contribution in [2.45, 2.75) is 52.3 Å². The molecule has 2 N–H and O–H groups in total. The number of hydrogen-bond acceptors (Lipinski definition) is 7. The summed E-state index contributed by atoms with van der Waals surface area (Å²) in [6, 6.07) is 3.35. The van der Waals surface area contributed by atoms with Crippen LogP contribution in [0.25, 0.3) is 0 Å². The molecule has 2 aromatic heterocycles. The molecule has 1 amide bonds. The van der Waals surface area contributed by atoms with Crippen LogP contribution in [0, 0.1) is 6.92 Å². The molecule has 156 valence electrons. The first-order valence-corrected chi connectivity index (χ1v) is 9.55. The van der Waals surface area contributed by atoms with Crippen molar-refractivity contribution in [3.05, 3.63) is 29.8 Å². The van der Waals surface area contributed by atoms with Gasteiger partial charge < -0.3 is 20.1 Å². The lowest BCUT2D eigenvalue weighted by atomic mass is 10.1. The predicted octanol–water partition coefficient (Wildman–Crippen LogP) is 3.64. The number of pyridine rings is 1. The molecule has 0 aromatic carbocycles. The number of hydrogen-bond donors (Lipinski definition) is 2. The highest BCUT2D eigenvalue weighted by Gasteiger charge is 2.24. The van der Waals surface area contributed by atoms with E-state index in [0.29, 0.717) is 35.4 Å². The van der Waals surface area contributed by atoms with Gasteiger partial charge in [-0.2, -0.15) is 0 Å². The second-order valence-corrected chi connectivity index (χ2v) is 7.51. The quantitative estimate of drug-likeness (QED) is 0.728. The van der Waals surface area contributed by atoms with Crippen molar-refractivity contribution in [3.8, 4) is 5.75 Å². The third kappa shape index (κ3) is 5.83. The minimum absolute atomic E-state index is 0.0399. The SMILES string of the molecule is CC(=O)Nc1cc(Nc2cc(C)nc(C(C)(C)F)n2)c(OC[C@@H]2CCCO2)cn1. The van der Waals surface area contributed by atoms with Crippen molar-refractivity contribution >= 4 is 23.2 Å². The molecule has 1 fully saturated rings. The van der Waals surface area contributed by atoms with Crippen molar-refractivity contribution in [1.29, 1.82) is 0 Å². The van der Waals surface area contributed by atoms with Gasteiger partial charge in [0, 0.05) is 31.4 Å². The Morgan fingerprint density at radius 2 is 2.14 bits per heavy atom. The zero-order valence-corrected chi connectivity index (χ0v) is 17.1. The molecule has 0 spiro atoms. The molecule has 29 heavy (non-hydrogen) atoms. The van der Waals surface area contributed by atoms with Gasteiger partial charge >= 0.3 is 0 Å². The maximum Gasteiger partial charge on any atom is 0.222 e. The van der Waals surface area contributed by atoms with Gasteiger partial charge in [0.25, 0.3) is 0 Å². The highest BCUT2D eigenvalue weighted by Crippen LogP contribution is 2.31. The molecule has 0 saturated carbocycles. The van der Waals surface area contributed by atoms with Crippen LogP contribution in [-0.4, -0.2) is 40.2 Å². The molecular formula is C20H26FN5O3. The highest BCUT2D eigenvalue weighted by atomic mass is 19.1. The smallest absolute Gasteiger partial charge is 0.222 e. The Morgan fingerprint density at radius 3 is 2.79 bits per heavy atom. The number of carbonyl (C=O) groups excluding carboxylic acids is 1. The van der Waals surface area contributed by atoms with Gasteiger partial charge in [-0.05, 0) is 33.6 Å². The number of nitrogens with zero attached hydrogens (tertiary/aromatic N) is 3. The van der Waals surface area contributed by atoms with Gasteiger partial charge in [0.1, 0.15) is 18.2 Å². The van der Waals surface area contributed by atoms with Gasteiger partial charge in [-0.3, -0.25) is 4.79 Å². The molecular weight excluding hydrogens is 377 g/mol. The molecule has 8 nitrogen and oxygen atoms in total. The summed E-state index contributed by atoms with van der Waals surface area (Å²) in [5.41, 5.74) is -0.509. The molecule has 3 heterocycles. The highest BCUT2D eigenvalue weighted by molar-refractivity contribution is 5.88. The van der Waals surface area contributed by atoms with Crippen molar-refractivity contribution in [2.75, 3.05) is 23.8 Å². The van der Waals surface area contributed by atoms with E-state index in [2.05, 4.69) is 25.6 Å². The second-order valence-electron chi connectivity index (χ2n) is 7.51. The number of ether oxygens (including phenoxy) is 2. The van der Waals surface area contributed by atoms with Crippen LogP contribution in [0.3, 0.4) is 0 Å². The first-order chi connectivity index (χ1) is 13.7. The summed E-state index contributed by atoms with van der Waals surface area (Å²) in [6.07, 6.45) is 3.52. The van der Waals surface area contributed by atoms with Gasteiger partial charge in [-0.25, -0.2) is 19.3 Å². The van der Waals surface area contributed by atoms with E-state index in [9.17, 15) is 9.18 Å². The summed E-state index contributed by atoms with van der Waals surface area (Å²) in [5, 5.41) is 5.78. The van der Waals surface area contributed by atoms with Gasteiger partial charge in [0.2, 0.25) is 5.91 Å². The number of aromatic nitrogens is 3. The van der Waals surface area contributed by atoms with E-state index in [4.69, 9.17) is 9.47 Å². The summed E-state index contributed by atoms with van der Waals surface area (Å²) in [4.78, 5) is 24.1.